The zero-order valence-electron chi connectivity index (χ0n) is 5.45. The average molecular weight is 134 g/mol. The first-order chi connectivity index (χ1) is 4.31. The van der Waals surface area contributed by atoms with Gasteiger partial charge in [-0.1, -0.05) is 0 Å². The number of aliphatic hydroxyl groups is 3. The maximum atomic E-state index is 8.75. The van der Waals surface area contributed by atoms with E-state index in [-0.39, 0.29) is 13.2 Å². The molecule has 0 fully saturated rings. The maximum Gasteiger partial charge on any atom is 0.0771 e. The van der Waals surface area contributed by atoms with Crippen molar-refractivity contribution in [2.75, 3.05) is 13.2 Å². The Morgan fingerprint density at radius 3 is 2.22 bits per heavy atom. The first-order valence-electron chi connectivity index (χ1n) is 3.21. The van der Waals surface area contributed by atoms with Crippen LogP contribution < -0.4 is 0 Å². The molecule has 0 aliphatic rings. The lowest BCUT2D eigenvalue weighted by Gasteiger charge is -2.03. The van der Waals surface area contributed by atoms with Crippen molar-refractivity contribution in [1.82, 2.24) is 0 Å². The first kappa shape index (κ1) is 8.88. The molecule has 56 valence electrons. The molecule has 3 nitrogen and oxygen atoms in total. The molecule has 0 aromatic rings. The van der Waals surface area contributed by atoms with E-state index in [0.717, 1.165) is 6.42 Å². The second-order valence-electron chi connectivity index (χ2n) is 2.06. The molecule has 0 aliphatic heterocycles. The SMILES string of the molecule is OCCCC[C@H](O)CO. The lowest BCUT2D eigenvalue weighted by molar-refractivity contribution is 0.0848. The molecule has 0 radical (unpaired) electrons. The van der Waals surface area contributed by atoms with Crippen LogP contribution in [-0.4, -0.2) is 34.6 Å². The van der Waals surface area contributed by atoms with Crippen molar-refractivity contribution in [3.63, 3.8) is 0 Å². The van der Waals surface area contributed by atoms with Gasteiger partial charge < -0.3 is 15.3 Å². The monoisotopic (exact) mass is 134 g/mol. The van der Waals surface area contributed by atoms with Gasteiger partial charge in [0.1, 0.15) is 0 Å². The van der Waals surface area contributed by atoms with Crippen LogP contribution in [0.15, 0.2) is 0 Å². The van der Waals surface area contributed by atoms with Crippen LogP contribution in [0.25, 0.3) is 0 Å². The number of hydrogen-bond donors (Lipinski definition) is 3. The summed E-state index contributed by atoms with van der Waals surface area (Å²) in [5.41, 5.74) is 0. The third kappa shape index (κ3) is 5.76. The van der Waals surface area contributed by atoms with E-state index in [1.807, 2.05) is 0 Å². The van der Waals surface area contributed by atoms with Crippen molar-refractivity contribution >= 4 is 0 Å². The van der Waals surface area contributed by atoms with Crippen molar-refractivity contribution in [2.45, 2.75) is 25.4 Å². The minimum absolute atomic E-state index is 0.165. The second kappa shape index (κ2) is 6.01. The van der Waals surface area contributed by atoms with E-state index in [4.69, 9.17) is 15.3 Å². The van der Waals surface area contributed by atoms with Gasteiger partial charge in [-0.05, 0) is 19.3 Å². The summed E-state index contributed by atoms with van der Waals surface area (Å²) in [5, 5.41) is 25.4. The molecule has 0 aromatic carbocycles. The van der Waals surface area contributed by atoms with Gasteiger partial charge in [0, 0.05) is 6.61 Å². The summed E-state index contributed by atoms with van der Waals surface area (Å²) in [4.78, 5) is 0. The predicted octanol–water partition coefficient (Wildman–Crippen LogP) is -0.498. The molecule has 0 amide bonds. The normalized spacial score (nSPS) is 13.7. The Morgan fingerprint density at radius 1 is 1.11 bits per heavy atom. The topological polar surface area (TPSA) is 60.7 Å². The summed E-state index contributed by atoms with van der Waals surface area (Å²) in [5.74, 6) is 0. The molecule has 0 saturated heterocycles. The Kier molecular flexibility index (Phi) is 5.93. The molecule has 0 saturated carbocycles. The highest BCUT2D eigenvalue weighted by Gasteiger charge is 1.99. The van der Waals surface area contributed by atoms with Crippen LogP contribution in [0.5, 0.6) is 0 Å². The van der Waals surface area contributed by atoms with Crippen molar-refractivity contribution in [3.05, 3.63) is 0 Å². The Balaban J connectivity index is 2.88. The van der Waals surface area contributed by atoms with Crippen molar-refractivity contribution in [3.8, 4) is 0 Å². The Labute approximate surface area is 54.9 Å². The number of hydrogen-bond acceptors (Lipinski definition) is 3. The van der Waals surface area contributed by atoms with E-state index in [0.29, 0.717) is 12.8 Å². The fraction of sp³-hybridized carbons (Fsp3) is 1.00. The Morgan fingerprint density at radius 2 is 1.78 bits per heavy atom. The first-order valence-corrected chi connectivity index (χ1v) is 3.21. The number of unbranched alkanes of at least 4 members (excludes halogenated alkanes) is 1. The summed E-state index contributed by atoms with van der Waals surface area (Å²) in [6.07, 6.45) is 1.46. The zero-order valence-corrected chi connectivity index (χ0v) is 5.45. The Bertz CT molecular complexity index is 56.3. The number of rotatable bonds is 5. The summed E-state index contributed by atoms with van der Waals surface area (Å²) in [6.45, 7) is -0.0103. The fourth-order valence-corrected chi connectivity index (χ4v) is 0.583. The van der Waals surface area contributed by atoms with E-state index in [1.165, 1.54) is 0 Å². The average Bonchev–Trinajstić information content (AvgIpc) is 1.89. The van der Waals surface area contributed by atoms with Crippen LogP contribution in [-0.2, 0) is 0 Å². The van der Waals surface area contributed by atoms with Gasteiger partial charge in [-0.25, -0.2) is 0 Å². The van der Waals surface area contributed by atoms with E-state index in [9.17, 15) is 0 Å². The molecule has 0 bridgehead atoms. The summed E-state index contributed by atoms with van der Waals surface area (Å²) < 4.78 is 0. The molecule has 1 atom stereocenters. The molecule has 9 heavy (non-hydrogen) atoms. The highest BCUT2D eigenvalue weighted by Crippen LogP contribution is 1.98. The van der Waals surface area contributed by atoms with Crippen LogP contribution in [0, 0.1) is 0 Å². The number of aliphatic hydroxyl groups excluding tert-OH is 3. The van der Waals surface area contributed by atoms with Gasteiger partial charge >= 0.3 is 0 Å². The molecule has 0 spiro atoms. The molecular formula is C6H14O3. The highest BCUT2D eigenvalue weighted by atomic mass is 16.3. The lowest BCUT2D eigenvalue weighted by atomic mass is 10.2. The van der Waals surface area contributed by atoms with Gasteiger partial charge in [0.25, 0.3) is 0 Å². The maximum absolute atomic E-state index is 8.75. The van der Waals surface area contributed by atoms with Gasteiger partial charge in [0.15, 0.2) is 0 Å². The highest BCUT2D eigenvalue weighted by molar-refractivity contribution is 4.51. The molecule has 0 aliphatic carbocycles. The lowest BCUT2D eigenvalue weighted by Crippen LogP contribution is -2.11. The van der Waals surface area contributed by atoms with E-state index in [1.54, 1.807) is 0 Å². The summed E-state index contributed by atoms with van der Waals surface area (Å²) in [6, 6.07) is 0. The van der Waals surface area contributed by atoms with Crippen LogP contribution in [0.2, 0.25) is 0 Å². The quantitative estimate of drug-likeness (QED) is 0.444. The third-order valence-corrected chi connectivity index (χ3v) is 1.16. The van der Waals surface area contributed by atoms with Crippen LogP contribution >= 0.6 is 0 Å². The minimum atomic E-state index is -0.600. The molecule has 3 heteroatoms. The third-order valence-electron chi connectivity index (χ3n) is 1.16. The Hall–Kier alpha value is -0.120. The molecule has 0 unspecified atom stereocenters. The van der Waals surface area contributed by atoms with Gasteiger partial charge in [0.05, 0.1) is 12.7 Å². The standard InChI is InChI=1S/C6H14O3/c7-4-2-1-3-6(9)5-8/h6-9H,1-5H2/t6-/m0/s1. The minimum Gasteiger partial charge on any atom is -0.396 e. The van der Waals surface area contributed by atoms with Crippen molar-refractivity contribution in [1.29, 1.82) is 0 Å². The molecule has 0 rings (SSSR count). The van der Waals surface area contributed by atoms with Crippen LogP contribution in [0.3, 0.4) is 0 Å². The van der Waals surface area contributed by atoms with Crippen LogP contribution in [0.4, 0.5) is 0 Å². The van der Waals surface area contributed by atoms with E-state index >= 15 is 0 Å². The molecule has 0 heterocycles. The molecule has 3 N–H and O–H groups in total. The smallest absolute Gasteiger partial charge is 0.0771 e. The van der Waals surface area contributed by atoms with E-state index in [2.05, 4.69) is 0 Å². The van der Waals surface area contributed by atoms with Crippen LogP contribution in [0.1, 0.15) is 19.3 Å². The van der Waals surface area contributed by atoms with Crippen molar-refractivity contribution < 1.29 is 15.3 Å². The van der Waals surface area contributed by atoms with E-state index < -0.39 is 6.10 Å². The van der Waals surface area contributed by atoms with Gasteiger partial charge in [-0.3, -0.25) is 0 Å². The van der Waals surface area contributed by atoms with Gasteiger partial charge in [-0.2, -0.15) is 0 Å². The molecular weight excluding hydrogens is 120 g/mol. The molecule has 0 aromatic heterocycles. The largest absolute Gasteiger partial charge is 0.396 e. The second-order valence-corrected chi connectivity index (χ2v) is 2.06. The summed E-state index contributed by atoms with van der Waals surface area (Å²) in [7, 11) is 0. The predicted molar refractivity (Wildman–Crippen MR) is 34.0 cm³/mol. The fourth-order valence-electron chi connectivity index (χ4n) is 0.583. The summed E-state index contributed by atoms with van der Waals surface area (Å²) >= 11 is 0. The van der Waals surface area contributed by atoms with Crippen molar-refractivity contribution in [2.24, 2.45) is 0 Å². The van der Waals surface area contributed by atoms with Gasteiger partial charge in [-0.15, -0.1) is 0 Å². The zero-order chi connectivity index (χ0) is 7.11. The van der Waals surface area contributed by atoms with Gasteiger partial charge in [0.2, 0.25) is 0 Å².